The van der Waals surface area contributed by atoms with Crippen molar-refractivity contribution >= 4 is 33.0 Å². The molecule has 3 heterocycles. The number of benzene rings is 1. The van der Waals surface area contributed by atoms with Gasteiger partial charge in [-0.05, 0) is 31.3 Å². The van der Waals surface area contributed by atoms with Gasteiger partial charge >= 0.3 is 5.69 Å². The molecule has 11 heteroatoms. The van der Waals surface area contributed by atoms with Gasteiger partial charge in [-0.3, -0.25) is 14.3 Å². The second kappa shape index (κ2) is 8.85. The number of aliphatic hydroxyl groups is 1. The predicted octanol–water partition coefficient (Wildman–Crippen LogP) is 0.378. The number of nitrogens with one attached hydrogen (secondary N) is 1. The molecule has 3 aromatic rings. The quantitative estimate of drug-likeness (QED) is 0.511. The highest BCUT2D eigenvalue weighted by molar-refractivity contribution is 9.10. The Morgan fingerprint density at radius 1 is 1.16 bits per heavy atom. The van der Waals surface area contributed by atoms with Crippen LogP contribution in [0.2, 0.25) is 0 Å². The molecule has 166 valence electrons. The highest BCUT2D eigenvalue weighted by Crippen LogP contribution is 2.22. The third-order valence-corrected chi connectivity index (χ3v) is 5.95. The Balaban J connectivity index is 1.65. The zero-order valence-corrected chi connectivity index (χ0v) is 19.0. The van der Waals surface area contributed by atoms with Crippen molar-refractivity contribution in [1.82, 2.24) is 24.0 Å². The number of rotatable bonds is 6. The fourth-order valence-electron chi connectivity index (χ4n) is 3.63. The standard InChI is InChI=1S/C20H25BrN6O4/c1-24-7-9-26(10-8-24)19-22-17-16(18(29)23-20(30)25(17)2)27(19)11-14(28)12-31-15-5-3-13(21)4-6-15/h3-6,14,28H,7-12H2,1-2H3,(H,23,29,30)/t14-/m0/s1. The summed E-state index contributed by atoms with van der Waals surface area (Å²) in [5, 5.41) is 10.7. The first-order valence-electron chi connectivity index (χ1n) is 10.0. The Morgan fingerprint density at radius 3 is 2.52 bits per heavy atom. The fourth-order valence-corrected chi connectivity index (χ4v) is 3.89. The summed E-state index contributed by atoms with van der Waals surface area (Å²) in [6.07, 6.45) is -0.885. The van der Waals surface area contributed by atoms with Gasteiger partial charge in [-0.25, -0.2) is 4.79 Å². The molecule has 0 radical (unpaired) electrons. The van der Waals surface area contributed by atoms with E-state index in [9.17, 15) is 14.7 Å². The molecule has 31 heavy (non-hydrogen) atoms. The van der Waals surface area contributed by atoms with Crippen LogP contribution in [0.3, 0.4) is 0 Å². The number of imidazole rings is 1. The molecule has 1 atom stereocenters. The summed E-state index contributed by atoms with van der Waals surface area (Å²) in [5.74, 6) is 1.20. The van der Waals surface area contributed by atoms with E-state index in [1.807, 2.05) is 12.1 Å². The third-order valence-electron chi connectivity index (χ3n) is 5.42. The molecule has 0 amide bonds. The predicted molar refractivity (Wildman–Crippen MR) is 121 cm³/mol. The SMILES string of the molecule is CN1CCN(c2nc3c(c(=O)[nH]c(=O)n3C)n2C[C@H](O)COc2ccc(Br)cc2)CC1. The van der Waals surface area contributed by atoms with Gasteiger partial charge in [0.1, 0.15) is 18.5 Å². The molecule has 2 aromatic heterocycles. The Kier molecular flexibility index (Phi) is 6.17. The molecule has 1 aliphatic rings. The molecule has 0 spiro atoms. The smallest absolute Gasteiger partial charge is 0.329 e. The lowest BCUT2D eigenvalue weighted by Crippen LogP contribution is -2.45. The molecule has 1 fully saturated rings. The number of aryl methyl sites for hydroxylation is 1. The molecule has 0 saturated carbocycles. The zero-order chi connectivity index (χ0) is 22.1. The Hall–Kier alpha value is -2.63. The van der Waals surface area contributed by atoms with Crippen LogP contribution >= 0.6 is 15.9 Å². The van der Waals surface area contributed by atoms with Crippen LogP contribution < -0.4 is 20.9 Å². The maximum atomic E-state index is 12.6. The van der Waals surface area contributed by atoms with E-state index >= 15 is 0 Å². The van der Waals surface area contributed by atoms with Crippen molar-refractivity contribution in [2.45, 2.75) is 12.6 Å². The largest absolute Gasteiger partial charge is 0.491 e. The summed E-state index contributed by atoms with van der Waals surface area (Å²) >= 11 is 3.38. The number of piperazine rings is 1. The highest BCUT2D eigenvalue weighted by atomic mass is 79.9. The van der Waals surface area contributed by atoms with Crippen molar-refractivity contribution in [2.75, 3.05) is 44.7 Å². The van der Waals surface area contributed by atoms with Crippen molar-refractivity contribution in [3.63, 3.8) is 0 Å². The molecule has 0 bridgehead atoms. The van der Waals surface area contributed by atoms with Crippen LogP contribution in [0, 0.1) is 0 Å². The lowest BCUT2D eigenvalue weighted by atomic mass is 10.3. The first kappa shape index (κ1) is 21.6. The third kappa shape index (κ3) is 4.53. The van der Waals surface area contributed by atoms with Crippen molar-refractivity contribution in [2.24, 2.45) is 7.05 Å². The van der Waals surface area contributed by atoms with E-state index in [1.54, 1.807) is 23.7 Å². The van der Waals surface area contributed by atoms with Gasteiger partial charge in [0.05, 0.1) is 6.54 Å². The minimum absolute atomic E-state index is 0.0488. The van der Waals surface area contributed by atoms with Gasteiger partial charge in [-0.2, -0.15) is 4.98 Å². The van der Waals surface area contributed by atoms with E-state index in [-0.39, 0.29) is 18.7 Å². The Labute approximate surface area is 186 Å². The number of aromatic nitrogens is 4. The van der Waals surface area contributed by atoms with Gasteiger partial charge in [0, 0.05) is 37.7 Å². The lowest BCUT2D eigenvalue weighted by molar-refractivity contribution is 0.0935. The van der Waals surface area contributed by atoms with E-state index in [0.29, 0.717) is 17.3 Å². The Morgan fingerprint density at radius 2 is 1.84 bits per heavy atom. The lowest BCUT2D eigenvalue weighted by Gasteiger charge is -2.33. The van der Waals surface area contributed by atoms with Gasteiger partial charge < -0.3 is 24.2 Å². The van der Waals surface area contributed by atoms with Gasteiger partial charge in [0.15, 0.2) is 11.2 Å². The number of nitrogens with zero attached hydrogens (tertiary/aromatic N) is 5. The van der Waals surface area contributed by atoms with Crippen molar-refractivity contribution in [1.29, 1.82) is 0 Å². The van der Waals surface area contributed by atoms with E-state index in [0.717, 1.165) is 30.7 Å². The second-order valence-electron chi connectivity index (χ2n) is 7.72. The van der Waals surface area contributed by atoms with Gasteiger partial charge in [-0.1, -0.05) is 15.9 Å². The number of hydrogen-bond donors (Lipinski definition) is 2. The fraction of sp³-hybridized carbons (Fsp3) is 0.450. The van der Waals surface area contributed by atoms with Gasteiger partial charge in [0.2, 0.25) is 5.95 Å². The monoisotopic (exact) mass is 492 g/mol. The number of halogens is 1. The molecule has 4 rings (SSSR count). The number of ether oxygens (including phenoxy) is 1. The van der Waals surface area contributed by atoms with Crippen LogP contribution in [0.1, 0.15) is 0 Å². The highest BCUT2D eigenvalue weighted by Gasteiger charge is 2.25. The summed E-state index contributed by atoms with van der Waals surface area (Å²) in [4.78, 5) is 35.9. The van der Waals surface area contributed by atoms with Crippen LogP contribution in [0.4, 0.5) is 5.95 Å². The van der Waals surface area contributed by atoms with E-state index in [1.165, 1.54) is 4.57 Å². The van der Waals surface area contributed by atoms with Crippen LogP contribution in [-0.2, 0) is 13.6 Å². The average molecular weight is 493 g/mol. The molecule has 0 unspecified atom stereocenters. The summed E-state index contributed by atoms with van der Waals surface area (Å²) in [7, 11) is 3.62. The Bertz CT molecular complexity index is 1180. The van der Waals surface area contributed by atoms with Crippen LogP contribution in [0.15, 0.2) is 38.3 Å². The maximum Gasteiger partial charge on any atom is 0.329 e. The van der Waals surface area contributed by atoms with E-state index in [4.69, 9.17) is 4.74 Å². The average Bonchev–Trinajstić information content (AvgIpc) is 3.12. The van der Waals surface area contributed by atoms with Gasteiger partial charge in [0.25, 0.3) is 5.56 Å². The molecule has 0 aliphatic carbocycles. The normalized spacial score (nSPS) is 16.1. The summed E-state index contributed by atoms with van der Waals surface area (Å²) in [6, 6.07) is 7.33. The van der Waals surface area contributed by atoms with Crippen LogP contribution in [0.25, 0.3) is 11.2 Å². The van der Waals surface area contributed by atoms with Crippen molar-refractivity contribution in [3.05, 3.63) is 49.6 Å². The number of hydrogen-bond acceptors (Lipinski definition) is 7. The number of H-pyrrole nitrogens is 1. The van der Waals surface area contributed by atoms with Crippen LogP contribution in [-0.4, -0.2) is 75.0 Å². The first-order valence-corrected chi connectivity index (χ1v) is 10.8. The number of fused-ring (bicyclic) bond motifs is 1. The minimum Gasteiger partial charge on any atom is -0.491 e. The minimum atomic E-state index is -0.885. The number of likely N-dealkylation sites (N-methyl/N-ethyl adjacent to an activating group) is 1. The summed E-state index contributed by atoms with van der Waals surface area (Å²) < 4.78 is 9.63. The topological polar surface area (TPSA) is 109 Å². The molecule has 1 aliphatic heterocycles. The van der Waals surface area contributed by atoms with Crippen molar-refractivity contribution < 1.29 is 9.84 Å². The molecule has 10 nitrogen and oxygen atoms in total. The second-order valence-corrected chi connectivity index (χ2v) is 8.64. The number of aromatic amines is 1. The van der Waals surface area contributed by atoms with E-state index in [2.05, 4.69) is 42.7 Å². The maximum absolute atomic E-state index is 12.6. The molecule has 1 aromatic carbocycles. The first-order chi connectivity index (χ1) is 14.8. The number of anilines is 1. The molecule has 1 saturated heterocycles. The van der Waals surface area contributed by atoms with Gasteiger partial charge in [-0.15, -0.1) is 0 Å². The van der Waals surface area contributed by atoms with E-state index < -0.39 is 17.4 Å². The molecule has 2 N–H and O–H groups in total. The summed E-state index contributed by atoms with van der Waals surface area (Å²) in [6.45, 7) is 3.33. The molecular formula is C20H25BrN6O4. The number of aliphatic hydroxyl groups excluding tert-OH is 1. The van der Waals surface area contributed by atoms with Crippen LogP contribution in [0.5, 0.6) is 5.75 Å². The van der Waals surface area contributed by atoms with Crippen molar-refractivity contribution in [3.8, 4) is 5.75 Å². The molecular weight excluding hydrogens is 468 g/mol. The zero-order valence-electron chi connectivity index (χ0n) is 17.4. The summed E-state index contributed by atoms with van der Waals surface area (Å²) in [5.41, 5.74) is -0.486.